The monoisotopic (exact) mass is 512 g/mol. The van der Waals surface area contributed by atoms with Gasteiger partial charge in [0.1, 0.15) is 11.5 Å². The van der Waals surface area contributed by atoms with E-state index in [0.29, 0.717) is 30.6 Å². The molecule has 206 valence electrons. The Hall–Kier alpha value is -1.65. The summed E-state index contributed by atoms with van der Waals surface area (Å²) in [6, 6.07) is 0. The topological polar surface area (TPSA) is 80.7 Å². The molecule has 0 heterocycles. The summed E-state index contributed by atoms with van der Waals surface area (Å²) in [4.78, 5) is 39.1. The van der Waals surface area contributed by atoms with Crippen LogP contribution >= 0.6 is 0 Å². The van der Waals surface area contributed by atoms with Crippen molar-refractivity contribution in [3.63, 3.8) is 0 Å². The van der Waals surface area contributed by atoms with E-state index in [-0.39, 0.29) is 33.9 Å². The Labute approximate surface area is 223 Å². The van der Waals surface area contributed by atoms with Gasteiger partial charge in [0.15, 0.2) is 5.78 Å². The molecule has 0 bridgehead atoms. The third kappa shape index (κ3) is 3.30. The quantitative estimate of drug-likeness (QED) is 0.410. The SMILES string of the molecule is CC(=O)O[C@H]1CC[C@]2(C)[C@H]3C(=O)C=C4[C@H]5[C@@H](C)[C@H](C)CC[C@]5(C)CC[C@@]4(C)[C@]3(C)CC[C@@H]2[C@@]1(C)C(=O)O. The highest BCUT2D eigenvalue weighted by Gasteiger charge is 2.72. The zero-order chi connectivity index (χ0) is 27.3. The Morgan fingerprint density at radius 2 is 1.62 bits per heavy atom. The molecule has 5 aliphatic carbocycles. The van der Waals surface area contributed by atoms with Gasteiger partial charge in [-0.05, 0) is 110 Å². The fourth-order valence-corrected chi connectivity index (χ4v) is 11.0. The first-order chi connectivity index (χ1) is 17.1. The Bertz CT molecular complexity index is 1060. The van der Waals surface area contributed by atoms with Gasteiger partial charge in [-0.15, -0.1) is 0 Å². The molecule has 0 unspecified atom stereocenters. The maximum atomic E-state index is 14.4. The van der Waals surface area contributed by atoms with E-state index >= 15 is 0 Å². The number of carboxylic acid groups (broad SMARTS) is 1. The van der Waals surface area contributed by atoms with Crippen molar-refractivity contribution >= 4 is 17.7 Å². The standard InChI is InChI=1S/C32H48O5/c1-18-9-12-28(4)15-16-30(6)21(25(28)19(18)2)17-22(34)26-29(5)13-11-24(37-20(3)33)32(8,27(35)36)23(29)10-14-31(26,30)7/h17-19,23-26H,9-16H2,1-8H3,(H,35,36)/t18-,19+,23+,24+,25-,26-,28-,29+,30-,31-,32-/m1/s1. The van der Waals surface area contributed by atoms with Crippen LogP contribution in [0.5, 0.6) is 0 Å². The molecule has 0 aliphatic heterocycles. The third-order valence-corrected chi connectivity index (χ3v) is 13.5. The van der Waals surface area contributed by atoms with Gasteiger partial charge in [0.2, 0.25) is 0 Å². The van der Waals surface area contributed by atoms with Crippen LogP contribution < -0.4 is 0 Å². The van der Waals surface area contributed by atoms with Crippen LogP contribution in [0, 0.1) is 56.7 Å². The molecule has 0 radical (unpaired) electrons. The van der Waals surface area contributed by atoms with Gasteiger partial charge in [-0.2, -0.15) is 0 Å². The number of esters is 1. The Morgan fingerprint density at radius 1 is 0.946 bits per heavy atom. The molecule has 1 N–H and O–H groups in total. The lowest BCUT2D eigenvalue weighted by molar-refractivity contribution is -0.220. The van der Waals surface area contributed by atoms with Gasteiger partial charge in [0.05, 0.1) is 0 Å². The van der Waals surface area contributed by atoms with Crippen LogP contribution in [0.15, 0.2) is 11.6 Å². The summed E-state index contributed by atoms with van der Waals surface area (Å²) in [5, 5.41) is 10.5. The van der Waals surface area contributed by atoms with Crippen molar-refractivity contribution in [3.8, 4) is 0 Å². The van der Waals surface area contributed by atoms with Crippen LogP contribution in [0.3, 0.4) is 0 Å². The number of carbonyl (C=O) groups excluding carboxylic acids is 2. The Morgan fingerprint density at radius 3 is 2.24 bits per heavy atom. The lowest BCUT2D eigenvalue weighted by Crippen LogP contribution is -2.68. The highest BCUT2D eigenvalue weighted by Crippen LogP contribution is 2.75. The predicted octanol–water partition coefficient (Wildman–Crippen LogP) is 6.84. The van der Waals surface area contributed by atoms with Crippen LogP contribution in [-0.2, 0) is 19.1 Å². The molecule has 11 atom stereocenters. The van der Waals surface area contributed by atoms with Gasteiger partial charge in [0.25, 0.3) is 0 Å². The van der Waals surface area contributed by atoms with E-state index in [1.165, 1.54) is 31.8 Å². The highest BCUT2D eigenvalue weighted by atomic mass is 16.5. The highest BCUT2D eigenvalue weighted by molar-refractivity contribution is 5.96. The first kappa shape index (κ1) is 26.9. The van der Waals surface area contributed by atoms with E-state index in [4.69, 9.17) is 4.74 Å². The summed E-state index contributed by atoms with van der Waals surface area (Å²) in [5.74, 6) is 0.0756. The van der Waals surface area contributed by atoms with E-state index in [2.05, 4.69) is 47.6 Å². The second-order valence-corrected chi connectivity index (χ2v) is 15.0. The first-order valence-corrected chi connectivity index (χ1v) is 14.7. The number of carbonyl (C=O) groups is 3. The summed E-state index contributed by atoms with van der Waals surface area (Å²) in [6.45, 7) is 17.4. The average Bonchev–Trinajstić information content (AvgIpc) is 2.79. The van der Waals surface area contributed by atoms with Crippen molar-refractivity contribution < 1.29 is 24.2 Å². The van der Waals surface area contributed by atoms with Gasteiger partial charge in [-0.1, -0.05) is 47.1 Å². The minimum atomic E-state index is -1.20. The summed E-state index contributed by atoms with van der Waals surface area (Å²) in [6.07, 6.45) is 8.96. The van der Waals surface area contributed by atoms with Crippen molar-refractivity contribution in [2.45, 2.75) is 113 Å². The fourth-order valence-electron chi connectivity index (χ4n) is 11.0. The number of aliphatic carboxylic acids is 1. The van der Waals surface area contributed by atoms with Gasteiger partial charge < -0.3 is 9.84 Å². The molecule has 0 aromatic heterocycles. The number of carboxylic acids is 1. The molecule has 0 aromatic rings. The molecule has 4 saturated carbocycles. The van der Waals surface area contributed by atoms with E-state index in [9.17, 15) is 19.5 Å². The zero-order valence-corrected chi connectivity index (χ0v) is 24.3. The van der Waals surface area contributed by atoms with Crippen molar-refractivity contribution in [2.24, 2.45) is 56.7 Å². The number of ether oxygens (including phenoxy) is 1. The summed E-state index contributed by atoms with van der Waals surface area (Å²) in [5.41, 5.74) is -0.280. The Balaban J connectivity index is 1.62. The second-order valence-electron chi connectivity index (χ2n) is 15.0. The molecule has 4 fully saturated rings. The van der Waals surface area contributed by atoms with Gasteiger partial charge >= 0.3 is 11.9 Å². The minimum Gasteiger partial charge on any atom is -0.481 e. The number of hydrogen-bond donors (Lipinski definition) is 1. The van der Waals surface area contributed by atoms with Crippen molar-refractivity contribution in [1.29, 1.82) is 0 Å². The lowest BCUT2D eigenvalue weighted by Gasteiger charge is -2.70. The molecule has 5 rings (SSSR count). The molecule has 5 nitrogen and oxygen atoms in total. The fraction of sp³-hybridized carbons (Fsp3) is 0.844. The van der Waals surface area contributed by atoms with E-state index in [1.807, 2.05) is 0 Å². The molecule has 0 spiro atoms. The number of rotatable bonds is 2. The summed E-state index contributed by atoms with van der Waals surface area (Å²) < 4.78 is 5.63. The lowest BCUT2D eigenvalue weighted by atomic mass is 9.33. The molecule has 0 aromatic carbocycles. The summed E-state index contributed by atoms with van der Waals surface area (Å²) in [7, 11) is 0. The maximum absolute atomic E-state index is 14.4. The maximum Gasteiger partial charge on any atom is 0.313 e. The zero-order valence-electron chi connectivity index (χ0n) is 24.3. The molecule has 0 amide bonds. The molecule has 0 saturated heterocycles. The van der Waals surface area contributed by atoms with Gasteiger partial charge in [-0.25, -0.2) is 0 Å². The van der Waals surface area contributed by atoms with E-state index < -0.39 is 28.9 Å². The van der Waals surface area contributed by atoms with Crippen LogP contribution in [0.1, 0.15) is 107 Å². The van der Waals surface area contributed by atoms with Crippen molar-refractivity contribution in [1.82, 2.24) is 0 Å². The molecule has 5 aliphatic rings. The normalized spacial score (nSPS) is 53.1. The average molecular weight is 513 g/mol. The Kier molecular flexibility index (Phi) is 5.95. The second kappa shape index (κ2) is 8.18. The third-order valence-electron chi connectivity index (χ3n) is 13.5. The van der Waals surface area contributed by atoms with Gasteiger partial charge in [-0.3, -0.25) is 14.4 Å². The number of allylic oxidation sites excluding steroid dienone is 2. The molecular formula is C32H48O5. The molecular weight excluding hydrogens is 464 g/mol. The predicted molar refractivity (Wildman–Crippen MR) is 143 cm³/mol. The first-order valence-electron chi connectivity index (χ1n) is 14.7. The van der Waals surface area contributed by atoms with Gasteiger partial charge in [0, 0.05) is 12.8 Å². The molecule has 37 heavy (non-hydrogen) atoms. The van der Waals surface area contributed by atoms with Crippen LogP contribution in [0.4, 0.5) is 0 Å². The largest absolute Gasteiger partial charge is 0.481 e. The van der Waals surface area contributed by atoms with Crippen LogP contribution in [0.25, 0.3) is 0 Å². The number of ketones is 1. The number of fused-ring (bicyclic) bond motifs is 7. The minimum absolute atomic E-state index is 0.0680. The van der Waals surface area contributed by atoms with Crippen molar-refractivity contribution in [3.05, 3.63) is 11.6 Å². The molecule has 5 heteroatoms. The van der Waals surface area contributed by atoms with Crippen molar-refractivity contribution in [2.75, 3.05) is 0 Å². The number of hydrogen-bond acceptors (Lipinski definition) is 4. The summed E-state index contributed by atoms with van der Waals surface area (Å²) >= 11 is 0. The van der Waals surface area contributed by atoms with E-state index in [1.54, 1.807) is 6.92 Å². The van der Waals surface area contributed by atoms with E-state index in [0.717, 1.165) is 19.3 Å². The van der Waals surface area contributed by atoms with Crippen LogP contribution in [-0.4, -0.2) is 28.9 Å². The van der Waals surface area contributed by atoms with Crippen LogP contribution in [0.2, 0.25) is 0 Å². The smallest absolute Gasteiger partial charge is 0.313 e.